The zero-order valence-electron chi connectivity index (χ0n) is 16.7. The summed E-state index contributed by atoms with van der Waals surface area (Å²) in [5.74, 6) is 2.84. The normalized spacial score (nSPS) is 13.8. The maximum absolute atomic E-state index is 12.5. The summed E-state index contributed by atoms with van der Waals surface area (Å²) in [5, 5.41) is 7.09. The number of nitrogens with zero attached hydrogens (tertiary/aromatic N) is 2. The van der Waals surface area contributed by atoms with Crippen molar-refractivity contribution in [3.05, 3.63) is 40.6 Å². The SMILES string of the molecule is COc1ccc(CC(=O)Nc2cc(-c3noc(C4CCC4)n3)sc2C)cc1OC. The van der Waals surface area contributed by atoms with Crippen LogP contribution >= 0.6 is 11.3 Å². The van der Waals surface area contributed by atoms with Crippen LogP contribution in [0, 0.1) is 6.92 Å². The smallest absolute Gasteiger partial charge is 0.230 e. The van der Waals surface area contributed by atoms with Crippen molar-refractivity contribution in [2.45, 2.75) is 38.5 Å². The molecule has 1 fully saturated rings. The maximum Gasteiger partial charge on any atom is 0.230 e. The maximum atomic E-state index is 12.5. The van der Waals surface area contributed by atoms with Crippen LogP contribution in [0.1, 0.15) is 41.5 Å². The lowest BCUT2D eigenvalue weighted by Crippen LogP contribution is -2.14. The van der Waals surface area contributed by atoms with Crippen LogP contribution in [0.3, 0.4) is 0 Å². The third-order valence-electron chi connectivity index (χ3n) is 5.12. The van der Waals surface area contributed by atoms with E-state index >= 15 is 0 Å². The Morgan fingerprint density at radius 3 is 2.72 bits per heavy atom. The van der Waals surface area contributed by atoms with Gasteiger partial charge < -0.3 is 19.3 Å². The molecule has 0 aliphatic heterocycles. The van der Waals surface area contributed by atoms with Crippen molar-refractivity contribution in [2.24, 2.45) is 0 Å². The summed E-state index contributed by atoms with van der Waals surface area (Å²) >= 11 is 1.54. The highest BCUT2D eigenvalue weighted by atomic mass is 32.1. The van der Waals surface area contributed by atoms with Gasteiger partial charge in [-0.2, -0.15) is 4.98 Å². The zero-order valence-corrected chi connectivity index (χ0v) is 17.5. The number of hydrogen-bond donors (Lipinski definition) is 1. The third-order valence-corrected chi connectivity index (χ3v) is 6.17. The fourth-order valence-corrected chi connectivity index (χ4v) is 4.14. The average molecular weight is 413 g/mol. The van der Waals surface area contributed by atoms with Crippen LogP contribution in [-0.2, 0) is 11.2 Å². The summed E-state index contributed by atoms with van der Waals surface area (Å²) < 4.78 is 15.9. The molecule has 0 unspecified atom stereocenters. The van der Waals surface area contributed by atoms with Crippen molar-refractivity contribution in [3.63, 3.8) is 0 Å². The Morgan fingerprint density at radius 2 is 2.03 bits per heavy atom. The second-order valence-electron chi connectivity index (χ2n) is 7.08. The first-order valence-electron chi connectivity index (χ1n) is 9.52. The van der Waals surface area contributed by atoms with Crippen molar-refractivity contribution in [2.75, 3.05) is 19.5 Å². The van der Waals surface area contributed by atoms with E-state index < -0.39 is 0 Å². The third kappa shape index (κ3) is 4.12. The van der Waals surface area contributed by atoms with Crippen LogP contribution in [0.4, 0.5) is 5.69 Å². The molecule has 1 aliphatic rings. The lowest BCUT2D eigenvalue weighted by molar-refractivity contribution is -0.115. The second-order valence-corrected chi connectivity index (χ2v) is 8.34. The number of carbonyl (C=O) groups is 1. The number of methoxy groups -OCH3 is 2. The summed E-state index contributed by atoms with van der Waals surface area (Å²) in [6.07, 6.45) is 3.68. The molecule has 1 saturated carbocycles. The molecule has 4 rings (SSSR count). The number of thiophene rings is 1. The molecule has 7 nitrogen and oxygen atoms in total. The number of aryl methyl sites for hydroxylation is 1. The van der Waals surface area contributed by atoms with E-state index in [4.69, 9.17) is 14.0 Å². The van der Waals surface area contributed by atoms with Crippen LogP contribution in [0.15, 0.2) is 28.8 Å². The van der Waals surface area contributed by atoms with Crippen molar-refractivity contribution >= 4 is 22.9 Å². The molecule has 29 heavy (non-hydrogen) atoms. The van der Waals surface area contributed by atoms with E-state index in [2.05, 4.69) is 15.5 Å². The Kier molecular flexibility index (Phi) is 5.53. The molecule has 0 spiro atoms. The van der Waals surface area contributed by atoms with Crippen molar-refractivity contribution in [3.8, 4) is 22.2 Å². The molecule has 1 aliphatic carbocycles. The Labute approximate surface area is 173 Å². The molecule has 0 atom stereocenters. The van der Waals surface area contributed by atoms with Gasteiger partial charge in [-0.1, -0.05) is 17.6 Å². The van der Waals surface area contributed by atoms with Gasteiger partial charge in [-0.15, -0.1) is 11.3 Å². The monoisotopic (exact) mass is 413 g/mol. The number of aromatic nitrogens is 2. The fourth-order valence-electron chi connectivity index (χ4n) is 3.24. The molecule has 2 heterocycles. The van der Waals surface area contributed by atoms with E-state index in [1.165, 1.54) is 6.42 Å². The van der Waals surface area contributed by atoms with Crippen LogP contribution in [0.2, 0.25) is 0 Å². The van der Waals surface area contributed by atoms with Crippen LogP contribution in [-0.4, -0.2) is 30.3 Å². The Hall–Kier alpha value is -2.87. The largest absolute Gasteiger partial charge is 0.493 e. The molecular formula is C21H23N3O4S. The number of anilines is 1. The van der Waals surface area contributed by atoms with E-state index in [0.29, 0.717) is 23.2 Å². The number of amides is 1. The average Bonchev–Trinajstić information content (AvgIpc) is 3.27. The van der Waals surface area contributed by atoms with Crippen LogP contribution in [0.5, 0.6) is 11.5 Å². The summed E-state index contributed by atoms with van der Waals surface area (Å²) in [6, 6.07) is 7.37. The van der Waals surface area contributed by atoms with Gasteiger partial charge in [-0.3, -0.25) is 4.79 Å². The predicted molar refractivity (Wildman–Crippen MR) is 111 cm³/mol. The summed E-state index contributed by atoms with van der Waals surface area (Å²) in [7, 11) is 3.16. The first-order chi connectivity index (χ1) is 14.1. The lowest BCUT2D eigenvalue weighted by Gasteiger charge is -2.20. The quantitative estimate of drug-likeness (QED) is 0.610. The molecule has 152 valence electrons. The Balaban J connectivity index is 1.44. The molecule has 0 radical (unpaired) electrons. The molecule has 1 N–H and O–H groups in total. The standard InChI is InChI=1S/C21H23N3O4S/c1-12-15(11-18(29-12)20-23-21(28-24-20)14-5-4-6-14)22-19(25)10-13-7-8-16(26-2)17(9-13)27-3/h7-9,11,14H,4-6,10H2,1-3H3,(H,22,25). The van der Waals surface area contributed by atoms with Gasteiger partial charge in [0.05, 0.1) is 31.2 Å². The first kappa shape index (κ1) is 19.4. The lowest BCUT2D eigenvalue weighted by atomic mass is 9.85. The van der Waals surface area contributed by atoms with Gasteiger partial charge in [0.2, 0.25) is 17.6 Å². The molecule has 2 aromatic heterocycles. The fraction of sp³-hybridized carbons (Fsp3) is 0.381. The second kappa shape index (κ2) is 8.24. The van der Waals surface area contributed by atoms with E-state index in [-0.39, 0.29) is 12.3 Å². The number of rotatable bonds is 7. The number of carbonyl (C=O) groups excluding carboxylic acids is 1. The minimum atomic E-state index is -0.104. The predicted octanol–water partition coefficient (Wildman–Crippen LogP) is 4.57. The highest BCUT2D eigenvalue weighted by molar-refractivity contribution is 7.16. The molecule has 0 bridgehead atoms. The summed E-state index contributed by atoms with van der Waals surface area (Å²) in [4.78, 5) is 19.0. The van der Waals surface area contributed by atoms with E-state index in [9.17, 15) is 4.79 Å². The van der Waals surface area contributed by atoms with Crippen LogP contribution < -0.4 is 14.8 Å². The molecule has 8 heteroatoms. The van der Waals surface area contributed by atoms with Crippen LogP contribution in [0.25, 0.3) is 10.7 Å². The van der Waals surface area contributed by atoms with Gasteiger partial charge in [0, 0.05) is 10.8 Å². The van der Waals surface area contributed by atoms with Gasteiger partial charge in [0.1, 0.15) is 0 Å². The zero-order chi connectivity index (χ0) is 20.4. The van der Waals surface area contributed by atoms with Crippen molar-refractivity contribution < 1.29 is 18.8 Å². The highest BCUT2D eigenvalue weighted by Gasteiger charge is 2.26. The number of benzene rings is 1. The minimum absolute atomic E-state index is 0.104. The van der Waals surface area contributed by atoms with Gasteiger partial charge >= 0.3 is 0 Å². The van der Waals surface area contributed by atoms with Gasteiger partial charge in [-0.05, 0) is 43.5 Å². The summed E-state index contributed by atoms with van der Waals surface area (Å²) in [5.41, 5.74) is 1.61. The van der Waals surface area contributed by atoms with E-state index in [1.54, 1.807) is 31.6 Å². The van der Waals surface area contributed by atoms with Gasteiger partial charge in [0.15, 0.2) is 11.5 Å². The molecule has 3 aromatic rings. The molecular weight excluding hydrogens is 390 g/mol. The molecule has 0 saturated heterocycles. The molecule has 1 aromatic carbocycles. The molecule has 1 amide bonds. The van der Waals surface area contributed by atoms with E-state index in [0.717, 1.165) is 39.7 Å². The Bertz CT molecular complexity index is 1020. The minimum Gasteiger partial charge on any atom is -0.493 e. The Morgan fingerprint density at radius 1 is 1.24 bits per heavy atom. The number of nitrogens with one attached hydrogen (secondary N) is 1. The first-order valence-corrected chi connectivity index (χ1v) is 10.3. The number of hydrogen-bond acceptors (Lipinski definition) is 7. The van der Waals surface area contributed by atoms with Crippen molar-refractivity contribution in [1.82, 2.24) is 10.1 Å². The highest BCUT2D eigenvalue weighted by Crippen LogP contribution is 2.38. The van der Waals surface area contributed by atoms with E-state index in [1.807, 2.05) is 25.1 Å². The van der Waals surface area contributed by atoms with Gasteiger partial charge in [0.25, 0.3) is 0 Å². The summed E-state index contributed by atoms with van der Waals surface area (Å²) in [6.45, 7) is 1.97. The number of ether oxygens (including phenoxy) is 2. The van der Waals surface area contributed by atoms with Crippen molar-refractivity contribution in [1.29, 1.82) is 0 Å². The van der Waals surface area contributed by atoms with Gasteiger partial charge in [-0.25, -0.2) is 0 Å². The topological polar surface area (TPSA) is 86.5 Å².